The molecule has 0 aliphatic carbocycles. The molecule has 0 saturated carbocycles. The number of hydrogen-bond acceptors (Lipinski definition) is 3. The van der Waals surface area contributed by atoms with Gasteiger partial charge in [0.05, 0.1) is 0 Å². The van der Waals surface area contributed by atoms with Gasteiger partial charge in [0.2, 0.25) is 0 Å². The summed E-state index contributed by atoms with van der Waals surface area (Å²) in [5, 5.41) is 27.5. The quantitative estimate of drug-likeness (QED) is 0.391. The van der Waals surface area contributed by atoms with E-state index in [0.717, 1.165) is 24.8 Å². The summed E-state index contributed by atoms with van der Waals surface area (Å²) in [6, 6.07) is 2.91. The summed E-state index contributed by atoms with van der Waals surface area (Å²) in [5.74, 6) is -1.02. The van der Waals surface area contributed by atoms with Crippen LogP contribution in [0.4, 0.5) is 0 Å². The van der Waals surface area contributed by atoms with Crippen molar-refractivity contribution in [3.8, 4) is 17.2 Å². The second-order valence-corrected chi connectivity index (χ2v) is 3.16. The Morgan fingerprint density at radius 3 is 2.21 bits per heavy atom. The minimum Gasteiger partial charge on any atom is -0.504 e. The van der Waals surface area contributed by atoms with Crippen LogP contribution >= 0.6 is 0 Å². The fraction of sp³-hybridized carbons (Fsp3) is 0.273. The number of phenols is 3. The highest BCUT2D eigenvalue weighted by molar-refractivity contribution is 5.51. The van der Waals surface area contributed by atoms with E-state index < -0.39 is 5.75 Å². The highest BCUT2D eigenvalue weighted by Crippen LogP contribution is 2.35. The molecule has 0 aromatic heterocycles. The number of hydrogen-bond donors (Lipinski definition) is 3. The van der Waals surface area contributed by atoms with E-state index in [9.17, 15) is 10.2 Å². The third-order valence-electron chi connectivity index (χ3n) is 2.00. The van der Waals surface area contributed by atoms with Crippen molar-refractivity contribution in [2.24, 2.45) is 0 Å². The number of aryl methyl sites for hydroxylation is 1. The van der Waals surface area contributed by atoms with E-state index >= 15 is 0 Å². The molecule has 0 heterocycles. The molecule has 0 radical (unpaired) electrons. The minimum atomic E-state index is -0.461. The fourth-order valence-electron chi connectivity index (χ4n) is 1.26. The molecule has 0 aliphatic heterocycles. The largest absolute Gasteiger partial charge is 0.504 e. The van der Waals surface area contributed by atoms with E-state index in [-0.39, 0.29) is 11.5 Å². The molecule has 0 unspecified atom stereocenters. The van der Waals surface area contributed by atoms with Gasteiger partial charge in [-0.2, -0.15) is 0 Å². The molecular weight excluding hydrogens is 180 g/mol. The van der Waals surface area contributed by atoms with Crippen LogP contribution in [0.2, 0.25) is 0 Å². The van der Waals surface area contributed by atoms with Crippen molar-refractivity contribution in [2.45, 2.75) is 19.3 Å². The highest BCUT2D eigenvalue weighted by Gasteiger charge is 2.07. The van der Waals surface area contributed by atoms with Gasteiger partial charge in [0.25, 0.3) is 0 Å². The predicted molar refractivity (Wildman–Crippen MR) is 54.6 cm³/mol. The van der Waals surface area contributed by atoms with Crippen LogP contribution in [0.3, 0.4) is 0 Å². The van der Waals surface area contributed by atoms with Crippen molar-refractivity contribution in [1.29, 1.82) is 0 Å². The molecule has 3 N–H and O–H groups in total. The van der Waals surface area contributed by atoms with E-state index in [0.29, 0.717) is 0 Å². The lowest BCUT2D eigenvalue weighted by atomic mass is 10.1. The lowest BCUT2D eigenvalue weighted by molar-refractivity contribution is 0.367. The molecule has 0 aliphatic rings. The summed E-state index contributed by atoms with van der Waals surface area (Å²) in [7, 11) is 0. The van der Waals surface area contributed by atoms with Crippen LogP contribution in [-0.2, 0) is 6.42 Å². The summed E-state index contributed by atoms with van der Waals surface area (Å²) < 4.78 is 0. The molecule has 0 spiro atoms. The van der Waals surface area contributed by atoms with Crippen molar-refractivity contribution >= 4 is 0 Å². The maximum Gasteiger partial charge on any atom is 0.200 e. The Morgan fingerprint density at radius 1 is 1.14 bits per heavy atom. The van der Waals surface area contributed by atoms with Crippen LogP contribution < -0.4 is 0 Å². The Bertz CT molecular complexity index is 308. The monoisotopic (exact) mass is 194 g/mol. The standard InChI is InChI=1S/C11H14O3/c1-2-3-4-5-8-6-9(12)11(14)10(13)7-8/h2,6-7,12-14H,1,3-5H2. The molecular formula is C11H14O3. The number of rotatable bonds is 4. The first-order chi connectivity index (χ1) is 6.65. The third kappa shape index (κ3) is 2.42. The first-order valence-electron chi connectivity index (χ1n) is 4.50. The van der Waals surface area contributed by atoms with Crippen molar-refractivity contribution in [2.75, 3.05) is 0 Å². The van der Waals surface area contributed by atoms with Gasteiger partial charge in [0, 0.05) is 0 Å². The lowest BCUT2D eigenvalue weighted by Crippen LogP contribution is -1.85. The second-order valence-electron chi connectivity index (χ2n) is 3.16. The van der Waals surface area contributed by atoms with Crippen LogP contribution in [0.1, 0.15) is 18.4 Å². The summed E-state index contributed by atoms with van der Waals surface area (Å²) in [6.07, 6.45) is 4.36. The number of benzene rings is 1. The summed E-state index contributed by atoms with van der Waals surface area (Å²) in [5.41, 5.74) is 0.805. The molecule has 3 heteroatoms. The Balaban J connectivity index is 2.74. The highest BCUT2D eigenvalue weighted by atomic mass is 16.3. The zero-order valence-corrected chi connectivity index (χ0v) is 7.90. The molecule has 3 nitrogen and oxygen atoms in total. The van der Waals surface area contributed by atoms with Crippen molar-refractivity contribution in [3.63, 3.8) is 0 Å². The Hall–Kier alpha value is -1.64. The van der Waals surface area contributed by atoms with Crippen molar-refractivity contribution in [3.05, 3.63) is 30.4 Å². The first kappa shape index (κ1) is 10.4. The van der Waals surface area contributed by atoms with E-state index in [1.54, 1.807) is 0 Å². The maximum atomic E-state index is 9.21. The zero-order chi connectivity index (χ0) is 10.6. The van der Waals surface area contributed by atoms with Gasteiger partial charge in [-0.05, 0) is 37.0 Å². The zero-order valence-electron chi connectivity index (χ0n) is 7.90. The van der Waals surface area contributed by atoms with Crippen LogP contribution in [0.5, 0.6) is 17.2 Å². The average molecular weight is 194 g/mol. The molecule has 0 amide bonds. The number of unbranched alkanes of at least 4 members (excludes halogenated alkanes) is 1. The van der Waals surface area contributed by atoms with E-state index in [1.165, 1.54) is 12.1 Å². The minimum absolute atomic E-state index is 0.279. The fourth-order valence-corrected chi connectivity index (χ4v) is 1.26. The van der Waals surface area contributed by atoms with Gasteiger partial charge in [0.1, 0.15) is 0 Å². The molecule has 14 heavy (non-hydrogen) atoms. The molecule has 1 aromatic rings. The van der Waals surface area contributed by atoms with Crippen LogP contribution in [0.15, 0.2) is 24.8 Å². The van der Waals surface area contributed by atoms with Gasteiger partial charge in [-0.1, -0.05) is 6.08 Å². The van der Waals surface area contributed by atoms with E-state index in [4.69, 9.17) is 5.11 Å². The molecule has 1 rings (SSSR count). The predicted octanol–water partition coefficient (Wildman–Crippen LogP) is 2.31. The van der Waals surface area contributed by atoms with Gasteiger partial charge < -0.3 is 15.3 Å². The Morgan fingerprint density at radius 2 is 1.71 bits per heavy atom. The van der Waals surface area contributed by atoms with E-state index in [2.05, 4.69) is 6.58 Å². The van der Waals surface area contributed by atoms with Gasteiger partial charge in [-0.15, -0.1) is 6.58 Å². The van der Waals surface area contributed by atoms with Crippen molar-refractivity contribution < 1.29 is 15.3 Å². The third-order valence-corrected chi connectivity index (χ3v) is 2.00. The van der Waals surface area contributed by atoms with E-state index in [1.807, 2.05) is 6.08 Å². The van der Waals surface area contributed by atoms with Crippen molar-refractivity contribution in [1.82, 2.24) is 0 Å². The van der Waals surface area contributed by atoms with Gasteiger partial charge in [-0.3, -0.25) is 0 Å². The van der Waals surface area contributed by atoms with Gasteiger partial charge in [0.15, 0.2) is 17.2 Å². The maximum absolute atomic E-state index is 9.21. The average Bonchev–Trinajstić information content (AvgIpc) is 2.14. The number of phenolic OH excluding ortho intramolecular Hbond substituents is 3. The van der Waals surface area contributed by atoms with Crippen LogP contribution in [0, 0.1) is 0 Å². The topological polar surface area (TPSA) is 60.7 Å². The Kier molecular flexibility index (Phi) is 3.40. The van der Waals surface area contributed by atoms with Crippen LogP contribution in [0.25, 0.3) is 0 Å². The summed E-state index contributed by atoms with van der Waals surface area (Å²) in [4.78, 5) is 0. The molecule has 1 aromatic carbocycles. The van der Waals surface area contributed by atoms with Gasteiger partial charge in [-0.25, -0.2) is 0 Å². The molecule has 0 bridgehead atoms. The number of allylic oxidation sites excluding steroid dienone is 1. The summed E-state index contributed by atoms with van der Waals surface area (Å²) in [6.45, 7) is 3.60. The lowest BCUT2D eigenvalue weighted by Gasteiger charge is -2.04. The molecule has 76 valence electrons. The Labute approximate surface area is 82.9 Å². The molecule has 0 fully saturated rings. The van der Waals surface area contributed by atoms with Crippen LogP contribution in [-0.4, -0.2) is 15.3 Å². The first-order valence-corrected chi connectivity index (χ1v) is 4.50. The summed E-state index contributed by atoms with van der Waals surface area (Å²) >= 11 is 0. The SMILES string of the molecule is C=CCCCc1cc(O)c(O)c(O)c1. The normalized spacial score (nSPS) is 10.0. The smallest absolute Gasteiger partial charge is 0.200 e. The molecule has 0 saturated heterocycles. The molecule has 0 atom stereocenters. The number of aromatic hydroxyl groups is 3. The second kappa shape index (κ2) is 4.56. The van der Waals surface area contributed by atoms with Gasteiger partial charge >= 0.3 is 0 Å².